The third-order valence-corrected chi connectivity index (χ3v) is 19.5. The first-order valence-corrected chi connectivity index (χ1v) is 31.6. The van der Waals surface area contributed by atoms with E-state index in [0.717, 1.165) is 89.8 Å². The van der Waals surface area contributed by atoms with Crippen LogP contribution in [0.5, 0.6) is 0 Å². The van der Waals surface area contributed by atoms with E-state index in [2.05, 4.69) is 354 Å². The molecule has 0 atom stereocenters. The first-order valence-electron chi connectivity index (χ1n) is 31.6. The predicted octanol–water partition coefficient (Wildman–Crippen LogP) is 20.9. The zero-order valence-electron chi connectivity index (χ0n) is 50.5. The van der Waals surface area contributed by atoms with E-state index in [1.165, 1.54) is 82.5 Å². The van der Waals surface area contributed by atoms with Crippen LogP contribution >= 0.6 is 0 Å². The van der Waals surface area contributed by atoms with Crippen LogP contribution < -0.4 is 26.2 Å². The Morgan fingerprint density at radius 2 is 0.527 bits per heavy atom. The molecule has 0 N–H and O–H groups in total. The number of nitrogens with zero attached hydrogens (tertiary/aromatic N) is 4. The number of para-hydroxylation sites is 4. The Bertz CT molecular complexity index is 5130. The predicted molar refractivity (Wildman–Crippen MR) is 386 cm³/mol. The molecule has 2 aliphatic heterocycles. The van der Waals surface area contributed by atoms with Gasteiger partial charge in [-0.2, -0.15) is 0 Å². The van der Waals surface area contributed by atoms with Gasteiger partial charge < -0.3 is 18.9 Å². The van der Waals surface area contributed by atoms with Crippen LogP contribution in [0, 0.1) is 13.8 Å². The molecule has 0 saturated heterocycles. The Hall–Kier alpha value is -11.7. The van der Waals surface area contributed by atoms with Crippen molar-refractivity contribution in [3.8, 4) is 67.0 Å². The maximum Gasteiger partial charge on any atom is 0.252 e. The number of anilines is 6. The summed E-state index contributed by atoms with van der Waals surface area (Å²) in [5.74, 6) is 0. The van der Waals surface area contributed by atoms with Crippen molar-refractivity contribution in [2.24, 2.45) is 0 Å². The Balaban J connectivity index is 1.02. The summed E-state index contributed by atoms with van der Waals surface area (Å²) in [5.41, 5.74) is 31.4. The molecule has 0 amide bonds. The largest absolute Gasteiger partial charge is 0.310 e. The molecule has 2 aliphatic rings. The number of hydrogen-bond acceptors (Lipinski definition) is 2. The lowest BCUT2D eigenvalue weighted by molar-refractivity contribution is 1.13. The molecule has 0 radical (unpaired) electrons. The second kappa shape index (κ2) is 21.0. The smallest absolute Gasteiger partial charge is 0.252 e. The molecular formula is C86H59BN4. The van der Waals surface area contributed by atoms with E-state index < -0.39 is 0 Å². The fraction of sp³-hybridized carbons (Fsp3) is 0.0233. The lowest BCUT2D eigenvalue weighted by Gasteiger charge is -2.46. The van der Waals surface area contributed by atoms with Gasteiger partial charge in [0, 0.05) is 55.4 Å². The Morgan fingerprint density at radius 3 is 0.879 bits per heavy atom. The topological polar surface area (TPSA) is 16.3 Å². The van der Waals surface area contributed by atoms with Crippen molar-refractivity contribution in [3.63, 3.8) is 0 Å². The van der Waals surface area contributed by atoms with Gasteiger partial charge >= 0.3 is 0 Å². The number of hydrogen-bond donors (Lipinski definition) is 0. The molecule has 2 aromatic heterocycles. The standard InChI is InChI=1S/C86H59BN4/c1-56-74(88-76-40-22-18-36-68(76)69-37-19-23-41-77(69)88)50-48-72-85(56)90(80-52-63(58-26-8-3-9-27-58)44-46-66(80)61-32-14-6-15-33-61)82-54-65(60-30-12-5-13-31-60)55-83-84(82)87(72)73-49-51-75(89-78-42-24-20-38-70(78)71-39-21-25-43-79(71)89)57(2)86(73)91(83)81-53-64(59-28-10-4-11-29-59)45-47-67(81)62-34-16-7-17-35-62/h3-55H,1-2H3. The van der Waals surface area contributed by atoms with Gasteiger partial charge in [0.2, 0.25) is 0 Å². The number of benzene rings is 14. The van der Waals surface area contributed by atoms with Crippen molar-refractivity contribution in [1.82, 2.24) is 9.13 Å². The summed E-state index contributed by atoms with van der Waals surface area (Å²) in [5, 5.41) is 4.94. The lowest BCUT2D eigenvalue weighted by Crippen LogP contribution is -2.62. The molecule has 4 heterocycles. The molecule has 5 heteroatoms. The van der Waals surface area contributed by atoms with Gasteiger partial charge in [-0.3, -0.25) is 0 Å². The fourth-order valence-corrected chi connectivity index (χ4v) is 15.4. The second-order valence-corrected chi connectivity index (χ2v) is 24.4. The van der Waals surface area contributed by atoms with Crippen LogP contribution in [0.2, 0.25) is 0 Å². The van der Waals surface area contributed by atoms with E-state index in [1.54, 1.807) is 0 Å². The third-order valence-electron chi connectivity index (χ3n) is 19.5. The quantitative estimate of drug-likeness (QED) is 0.134. The molecule has 4 nitrogen and oxygen atoms in total. The molecule has 426 valence electrons. The highest BCUT2D eigenvalue weighted by Gasteiger charge is 2.46. The highest BCUT2D eigenvalue weighted by atomic mass is 15.2. The lowest BCUT2D eigenvalue weighted by atomic mass is 9.33. The third kappa shape index (κ3) is 8.17. The summed E-state index contributed by atoms with van der Waals surface area (Å²) in [4.78, 5) is 5.36. The summed E-state index contributed by atoms with van der Waals surface area (Å²) < 4.78 is 5.03. The molecule has 0 unspecified atom stereocenters. The molecule has 0 spiro atoms. The van der Waals surface area contributed by atoms with Gasteiger partial charge in [0.1, 0.15) is 0 Å². The van der Waals surface area contributed by atoms with Crippen LogP contribution in [0.4, 0.5) is 34.1 Å². The maximum atomic E-state index is 2.68. The SMILES string of the molecule is Cc1c(-n2c3ccccc3c3ccccc32)ccc2c1N(c1cc(-c3ccccc3)ccc1-c1ccccc1)c1cc(-c3ccccc3)cc3c1B2c1ccc(-n2c4ccccc4c4ccccc42)c(C)c1N3c1cc(-c2ccccc2)ccc1-c1ccccc1. The number of aromatic nitrogens is 2. The van der Waals surface area contributed by atoms with E-state index in [4.69, 9.17) is 0 Å². The van der Waals surface area contributed by atoms with E-state index >= 15 is 0 Å². The zero-order valence-corrected chi connectivity index (χ0v) is 50.5. The maximum absolute atomic E-state index is 2.68. The minimum absolute atomic E-state index is 0.209. The first-order chi connectivity index (χ1) is 45.0. The molecule has 91 heavy (non-hydrogen) atoms. The van der Waals surface area contributed by atoms with Crippen molar-refractivity contribution in [2.75, 3.05) is 9.80 Å². The van der Waals surface area contributed by atoms with E-state index in [1.807, 2.05) is 0 Å². The summed E-state index contributed by atoms with van der Waals surface area (Å²) in [6.07, 6.45) is 0. The molecule has 0 bridgehead atoms. The molecule has 0 aliphatic carbocycles. The summed E-state index contributed by atoms with van der Waals surface area (Å²) in [6.45, 7) is 4.56. The molecule has 18 rings (SSSR count). The van der Waals surface area contributed by atoms with Crippen molar-refractivity contribution in [2.45, 2.75) is 13.8 Å². The number of rotatable bonds is 9. The van der Waals surface area contributed by atoms with Gasteiger partial charge in [0.25, 0.3) is 6.71 Å². The fourth-order valence-electron chi connectivity index (χ4n) is 15.4. The second-order valence-electron chi connectivity index (χ2n) is 24.4. The van der Waals surface area contributed by atoms with Gasteiger partial charge in [0.05, 0.1) is 44.8 Å². The molecule has 16 aromatic rings. The van der Waals surface area contributed by atoms with E-state index in [0.29, 0.717) is 0 Å². The number of fused-ring (bicyclic) bond motifs is 10. The van der Waals surface area contributed by atoms with Crippen LogP contribution in [0.1, 0.15) is 11.1 Å². The highest BCUT2D eigenvalue weighted by Crippen LogP contribution is 2.53. The van der Waals surface area contributed by atoms with Gasteiger partial charge in [-0.1, -0.05) is 261 Å². The Labute approximate surface area is 530 Å². The minimum atomic E-state index is -0.209. The Kier molecular flexibility index (Phi) is 12.1. The first kappa shape index (κ1) is 52.5. The summed E-state index contributed by atoms with van der Waals surface area (Å²) >= 11 is 0. The van der Waals surface area contributed by atoms with Crippen LogP contribution in [-0.2, 0) is 0 Å². The summed E-state index contributed by atoms with van der Waals surface area (Å²) in [6, 6.07) is 120. The molecule has 14 aromatic carbocycles. The van der Waals surface area contributed by atoms with Crippen molar-refractivity contribution in [3.05, 3.63) is 333 Å². The van der Waals surface area contributed by atoms with Crippen molar-refractivity contribution >= 4 is 101 Å². The summed E-state index contributed by atoms with van der Waals surface area (Å²) in [7, 11) is 0. The normalized spacial score (nSPS) is 12.4. The minimum Gasteiger partial charge on any atom is -0.310 e. The van der Waals surface area contributed by atoms with Crippen LogP contribution in [0.25, 0.3) is 111 Å². The van der Waals surface area contributed by atoms with Gasteiger partial charge in [-0.15, -0.1) is 0 Å². The van der Waals surface area contributed by atoms with Gasteiger partial charge in [0.15, 0.2) is 0 Å². The van der Waals surface area contributed by atoms with Crippen LogP contribution in [0.3, 0.4) is 0 Å². The van der Waals surface area contributed by atoms with Crippen molar-refractivity contribution < 1.29 is 0 Å². The molecular weight excluding hydrogens is 1100 g/mol. The van der Waals surface area contributed by atoms with E-state index in [9.17, 15) is 0 Å². The van der Waals surface area contributed by atoms with Crippen LogP contribution in [-0.4, -0.2) is 15.8 Å². The average molecular weight is 1160 g/mol. The Morgan fingerprint density at radius 1 is 0.231 bits per heavy atom. The zero-order chi connectivity index (χ0) is 60.3. The van der Waals surface area contributed by atoms with Crippen LogP contribution in [0.15, 0.2) is 322 Å². The van der Waals surface area contributed by atoms with Crippen molar-refractivity contribution in [1.29, 1.82) is 0 Å². The van der Waals surface area contributed by atoms with Gasteiger partial charge in [-0.05, 0) is 147 Å². The van der Waals surface area contributed by atoms with E-state index in [-0.39, 0.29) is 6.71 Å². The average Bonchev–Trinajstić information content (AvgIpc) is 0.765. The molecule has 0 saturated carbocycles. The monoisotopic (exact) mass is 1160 g/mol. The molecule has 0 fully saturated rings. The highest BCUT2D eigenvalue weighted by molar-refractivity contribution is 7.00. The van der Waals surface area contributed by atoms with Gasteiger partial charge in [-0.25, -0.2) is 0 Å².